The van der Waals surface area contributed by atoms with Crippen molar-refractivity contribution in [3.63, 3.8) is 0 Å². The second-order valence-electron chi connectivity index (χ2n) is 3.80. The Hall–Kier alpha value is -1.94. The van der Waals surface area contributed by atoms with Gasteiger partial charge in [-0.1, -0.05) is 24.3 Å². The van der Waals surface area contributed by atoms with E-state index in [9.17, 15) is 8.78 Å². The maximum Gasteiger partial charge on any atom is 0.165 e. The molecular weight excluding hydrogens is 238 g/mol. The van der Waals surface area contributed by atoms with Crippen LogP contribution in [-0.2, 0) is 13.2 Å². The highest BCUT2D eigenvalue weighted by Gasteiger charge is 2.09. The van der Waals surface area contributed by atoms with E-state index in [0.717, 1.165) is 0 Å². The van der Waals surface area contributed by atoms with E-state index in [2.05, 4.69) is 0 Å². The first-order chi connectivity index (χ1) is 8.70. The smallest absolute Gasteiger partial charge is 0.165 e. The van der Waals surface area contributed by atoms with Gasteiger partial charge in [0, 0.05) is 5.56 Å². The average molecular weight is 250 g/mol. The SMILES string of the molecule is OCc1cccc(F)c1OCc1cccc(F)c1. The molecule has 0 aliphatic rings. The summed E-state index contributed by atoms with van der Waals surface area (Å²) in [5.41, 5.74) is 0.966. The van der Waals surface area contributed by atoms with Crippen molar-refractivity contribution < 1.29 is 18.6 Å². The van der Waals surface area contributed by atoms with E-state index in [0.29, 0.717) is 11.1 Å². The molecule has 0 atom stereocenters. The van der Waals surface area contributed by atoms with Gasteiger partial charge in [-0.2, -0.15) is 0 Å². The first-order valence-corrected chi connectivity index (χ1v) is 5.46. The van der Waals surface area contributed by atoms with Gasteiger partial charge < -0.3 is 9.84 Å². The highest BCUT2D eigenvalue weighted by atomic mass is 19.1. The van der Waals surface area contributed by atoms with Gasteiger partial charge in [-0.25, -0.2) is 8.78 Å². The fourth-order valence-electron chi connectivity index (χ4n) is 1.62. The Morgan fingerprint density at radius 1 is 1.06 bits per heavy atom. The van der Waals surface area contributed by atoms with Crippen molar-refractivity contribution in [1.29, 1.82) is 0 Å². The van der Waals surface area contributed by atoms with Crippen LogP contribution in [0.4, 0.5) is 8.78 Å². The van der Waals surface area contributed by atoms with Crippen molar-refractivity contribution in [2.75, 3.05) is 0 Å². The third kappa shape index (κ3) is 2.84. The molecule has 0 radical (unpaired) electrons. The van der Waals surface area contributed by atoms with Crippen LogP contribution in [0.1, 0.15) is 11.1 Å². The van der Waals surface area contributed by atoms with Crippen molar-refractivity contribution in [3.8, 4) is 5.75 Å². The first kappa shape index (κ1) is 12.5. The summed E-state index contributed by atoms with van der Waals surface area (Å²) in [5, 5.41) is 9.08. The number of hydrogen-bond acceptors (Lipinski definition) is 2. The maximum absolute atomic E-state index is 13.5. The van der Waals surface area contributed by atoms with Crippen LogP contribution in [0.25, 0.3) is 0 Å². The molecule has 18 heavy (non-hydrogen) atoms. The number of rotatable bonds is 4. The number of benzene rings is 2. The summed E-state index contributed by atoms with van der Waals surface area (Å²) in [6.07, 6.45) is 0. The van der Waals surface area contributed by atoms with E-state index in [1.807, 2.05) is 0 Å². The molecule has 2 nitrogen and oxygen atoms in total. The molecule has 2 aromatic rings. The normalized spacial score (nSPS) is 10.4. The third-order valence-corrected chi connectivity index (χ3v) is 2.49. The van der Waals surface area contributed by atoms with Crippen molar-refractivity contribution >= 4 is 0 Å². The van der Waals surface area contributed by atoms with E-state index in [1.54, 1.807) is 18.2 Å². The summed E-state index contributed by atoms with van der Waals surface area (Å²) in [6, 6.07) is 10.2. The lowest BCUT2D eigenvalue weighted by Gasteiger charge is -2.11. The molecule has 0 bridgehead atoms. The molecule has 2 rings (SSSR count). The summed E-state index contributed by atoms with van der Waals surface area (Å²) in [7, 11) is 0. The van der Waals surface area contributed by atoms with Gasteiger partial charge in [-0.3, -0.25) is 0 Å². The molecule has 0 unspecified atom stereocenters. The Balaban J connectivity index is 2.15. The van der Waals surface area contributed by atoms with Crippen LogP contribution < -0.4 is 4.74 Å². The Morgan fingerprint density at radius 2 is 1.83 bits per heavy atom. The Morgan fingerprint density at radius 3 is 2.56 bits per heavy atom. The molecule has 0 saturated carbocycles. The van der Waals surface area contributed by atoms with E-state index in [1.165, 1.54) is 24.3 Å². The second kappa shape index (κ2) is 5.60. The Labute approximate surface area is 103 Å². The number of aliphatic hydroxyl groups excluding tert-OH is 1. The lowest BCUT2D eigenvalue weighted by atomic mass is 10.2. The van der Waals surface area contributed by atoms with E-state index >= 15 is 0 Å². The molecule has 0 fully saturated rings. The van der Waals surface area contributed by atoms with Crippen molar-refractivity contribution in [2.45, 2.75) is 13.2 Å². The maximum atomic E-state index is 13.5. The lowest BCUT2D eigenvalue weighted by molar-refractivity contribution is 0.251. The number of hydrogen-bond donors (Lipinski definition) is 1. The van der Waals surface area contributed by atoms with Crippen LogP contribution in [0.2, 0.25) is 0 Å². The summed E-state index contributed by atoms with van der Waals surface area (Å²) < 4.78 is 31.8. The fraction of sp³-hybridized carbons (Fsp3) is 0.143. The van der Waals surface area contributed by atoms with Gasteiger partial charge >= 0.3 is 0 Å². The quantitative estimate of drug-likeness (QED) is 0.903. The van der Waals surface area contributed by atoms with Gasteiger partial charge in [0.25, 0.3) is 0 Å². The van der Waals surface area contributed by atoms with E-state index in [4.69, 9.17) is 9.84 Å². The molecule has 0 spiro atoms. The van der Waals surface area contributed by atoms with E-state index < -0.39 is 5.82 Å². The van der Waals surface area contributed by atoms with Gasteiger partial charge in [0.05, 0.1) is 6.61 Å². The highest BCUT2D eigenvalue weighted by Crippen LogP contribution is 2.23. The summed E-state index contributed by atoms with van der Waals surface area (Å²) in [5.74, 6) is -0.908. The van der Waals surface area contributed by atoms with Gasteiger partial charge in [-0.05, 0) is 23.8 Å². The molecule has 0 aliphatic heterocycles. The van der Waals surface area contributed by atoms with Crippen LogP contribution in [0.3, 0.4) is 0 Å². The van der Waals surface area contributed by atoms with E-state index in [-0.39, 0.29) is 24.8 Å². The monoisotopic (exact) mass is 250 g/mol. The molecule has 0 aromatic heterocycles. The first-order valence-electron chi connectivity index (χ1n) is 5.46. The van der Waals surface area contributed by atoms with Crippen LogP contribution in [0.5, 0.6) is 5.75 Å². The summed E-state index contributed by atoms with van der Waals surface area (Å²) in [4.78, 5) is 0. The number of halogens is 2. The number of para-hydroxylation sites is 1. The molecule has 2 aromatic carbocycles. The third-order valence-electron chi connectivity index (χ3n) is 2.49. The zero-order chi connectivity index (χ0) is 13.0. The highest BCUT2D eigenvalue weighted by molar-refractivity contribution is 5.34. The van der Waals surface area contributed by atoms with Gasteiger partial charge in [0.15, 0.2) is 11.6 Å². The molecule has 1 N–H and O–H groups in total. The predicted molar refractivity (Wildman–Crippen MR) is 63.1 cm³/mol. The van der Waals surface area contributed by atoms with Gasteiger partial charge in [0.1, 0.15) is 12.4 Å². The minimum atomic E-state index is -0.544. The van der Waals surface area contributed by atoms with Gasteiger partial charge in [0.2, 0.25) is 0 Å². The number of aliphatic hydroxyl groups is 1. The molecular formula is C14H12F2O2. The molecule has 0 saturated heterocycles. The zero-order valence-corrected chi connectivity index (χ0v) is 9.57. The molecule has 0 heterocycles. The summed E-state index contributed by atoms with van der Waals surface area (Å²) in [6.45, 7) is -0.262. The largest absolute Gasteiger partial charge is 0.485 e. The molecule has 94 valence electrons. The standard InChI is InChI=1S/C14H12F2O2/c15-12-5-1-3-10(7-12)9-18-14-11(8-17)4-2-6-13(14)16/h1-7,17H,8-9H2. The van der Waals surface area contributed by atoms with Crippen molar-refractivity contribution in [1.82, 2.24) is 0 Å². The van der Waals surface area contributed by atoms with Crippen LogP contribution in [0.15, 0.2) is 42.5 Å². The lowest BCUT2D eigenvalue weighted by Crippen LogP contribution is -2.01. The average Bonchev–Trinajstić information content (AvgIpc) is 2.37. The van der Waals surface area contributed by atoms with Gasteiger partial charge in [-0.15, -0.1) is 0 Å². The number of ether oxygens (including phenoxy) is 1. The predicted octanol–water partition coefficient (Wildman–Crippen LogP) is 3.04. The second-order valence-corrected chi connectivity index (χ2v) is 3.80. The molecule has 0 aliphatic carbocycles. The Kier molecular flexibility index (Phi) is 3.89. The molecule has 0 amide bonds. The van der Waals surface area contributed by atoms with Crippen LogP contribution in [0, 0.1) is 11.6 Å². The zero-order valence-electron chi connectivity index (χ0n) is 9.57. The van der Waals surface area contributed by atoms with Crippen molar-refractivity contribution in [2.24, 2.45) is 0 Å². The Bertz CT molecular complexity index is 541. The molecule has 4 heteroatoms. The van der Waals surface area contributed by atoms with Crippen LogP contribution >= 0.6 is 0 Å². The van der Waals surface area contributed by atoms with Crippen molar-refractivity contribution in [3.05, 3.63) is 65.2 Å². The minimum Gasteiger partial charge on any atom is -0.485 e. The topological polar surface area (TPSA) is 29.5 Å². The fourth-order valence-corrected chi connectivity index (χ4v) is 1.62. The van der Waals surface area contributed by atoms with Crippen LogP contribution in [-0.4, -0.2) is 5.11 Å². The summed E-state index contributed by atoms with van der Waals surface area (Å²) >= 11 is 0. The minimum absolute atomic E-state index is 0.00395.